The van der Waals surface area contributed by atoms with Gasteiger partial charge in [-0.05, 0) is 18.6 Å². The van der Waals surface area contributed by atoms with Gasteiger partial charge in [-0.15, -0.1) is 11.8 Å². The molecule has 0 fully saturated rings. The maximum Gasteiger partial charge on any atom is 0.316 e. The van der Waals surface area contributed by atoms with Gasteiger partial charge in [-0.2, -0.15) is 0 Å². The highest BCUT2D eigenvalue weighted by Gasteiger charge is 2.19. The lowest BCUT2D eigenvalue weighted by molar-refractivity contribution is -0.136. The number of carbonyl (C=O) groups excluding carboxylic acids is 1. The number of para-hydroxylation sites is 1. The molecule has 1 aromatic carbocycles. The van der Waals surface area contributed by atoms with Crippen LogP contribution in [0.2, 0.25) is 0 Å². The molecule has 0 radical (unpaired) electrons. The van der Waals surface area contributed by atoms with Gasteiger partial charge >= 0.3 is 5.97 Å². The van der Waals surface area contributed by atoms with Crippen LogP contribution in [0.5, 0.6) is 0 Å². The van der Waals surface area contributed by atoms with Gasteiger partial charge in [0.25, 0.3) is 0 Å². The van der Waals surface area contributed by atoms with E-state index in [-0.39, 0.29) is 5.91 Å². The van der Waals surface area contributed by atoms with Gasteiger partial charge in [-0.3, -0.25) is 9.59 Å². The SMILES string of the molecule is CCC[C@H](Sc1ccccc1NC(C)=O)C(=O)O. The summed E-state index contributed by atoms with van der Waals surface area (Å²) in [5.41, 5.74) is 0.664. The van der Waals surface area contributed by atoms with Crippen LogP contribution in [0.3, 0.4) is 0 Å². The molecular weight excluding hydrogens is 250 g/mol. The zero-order valence-corrected chi connectivity index (χ0v) is 11.3. The van der Waals surface area contributed by atoms with E-state index in [4.69, 9.17) is 5.11 Å². The van der Waals surface area contributed by atoms with Gasteiger partial charge < -0.3 is 10.4 Å². The first-order chi connectivity index (χ1) is 8.54. The van der Waals surface area contributed by atoms with Crippen LogP contribution >= 0.6 is 11.8 Å². The summed E-state index contributed by atoms with van der Waals surface area (Å²) in [5.74, 6) is -0.982. The second-order valence-electron chi connectivity index (χ2n) is 3.91. The minimum Gasteiger partial charge on any atom is -0.480 e. The van der Waals surface area contributed by atoms with Crippen LogP contribution in [0.25, 0.3) is 0 Å². The summed E-state index contributed by atoms with van der Waals surface area (Å²) in [5, 5.41) is 11.4. The summed E-state index contributed by atoms with van der Waals surface area (Å²) in [4.78, 5) is 23.0. The molecular formula is C13H17NO3S. The number of rotatable bonds is 6. The number of carbonyl (C=O) groups is 2. The summed E-state index contributed by atoms with van der Waals surface area (Å²) in [6.07, 6.45) is 1.42. The van der Waals surface area contributed by atoms with E-state index in [1.165, 1.54) is 18.7 Å². The summed E-state index contributed by atoms with van der Waals surface area (Å²) in [6.45, 7) is 3.39. The molecule has 2 N–H and O–H groups in total. The van der Waals surface area contributed by atoms with E-state index in [1.807, 2.05) is 25.1 Å². The van der Waals surface area contributed by atoms with Crippen LogP contribution in [0, 0.1) is 0 Å². The first kappa shape index (κ1) is 14.6. The van der Waals surface area contributed by atoms with Crippen LogP contribution in [0.15, 0.2) is 29.2 Å². The van der Waals surface area contributed by atoms with Crippen molar-refractivity contribution in [3.63, 3.8) is 0 Å². The minimum absolute atomic E-state index is 0.162. The second-order valence-corrected chi connectivity index (χ2v) is 5.16. The summed E-state index contributed by atoms with van der Waals surface area (Å²) >= 11 is 1.28. The third-order valence-corrected chi connectivity index (χ3v) is 3.63. The van der Waals surface area contributed by atoms with Gasteiger partial charge in [0.2, 0.25) is 5.91 Å². The van der Waals surface area contributed by atoms with Crippen molar-refractivity contribution in [3.8, 4) is 0 Å². The number of amides is 1. The molecule has 0 saturated heterocycles. The van der Waals surface area contributed by atoms with Crippen molar-refractivity contribution < 1.29 is 14.7 Å². The number of anilines is 1. The molecule has 1 amide bonds. The van der Waals surface area contributed by atoms with E-state index < -0.39 is 11.2 Å². The largest absolute Gasteiger partial charge is 0.480 e. The highest BCUT2D eigenvalue weighted by Crippen LogP contribution is 2.32. The third kappa shape index (κ3) is 4.41. The Bertz CT molecular complexity index is 434. The standard InChI is InChI=1S/C13H17NO3S/c1-3-6-12(13(16)17)18-11-8-5-4-7-10(11)14-9(2)15/h4-5,7-8,12H,3,6H2,1-2H3,(H,14,15)(H,16,17)/t12-/m0/s1. The molecule has 0 aliphatic carbocycles. The molecule has 0 aromatic heterocycles. The highest BCUT2D eigenvalue weighted by atomic mass is 32.2. The Morgan fingerprint density at radius 3 is 2.61 bits per heavy atom. The van der Waals surface area contributed by atoms with Crippen LogP contribution in [-0.4, -0.2) is 22.2 Å². The quantitative estimate of drug-likeness (QED) is 0.778. The molecule has 0 aliphatic rings. The van der Waals surface area contributed by atoms with Crippen molar-refractivity contribution >= 4 is 29.3 Å². The monoisotopic (exact) mass is 267 g/mol. The van der Waals surface area contributed by atoms with Crippen LogP contribution in [-0.2, 0) is 9.59 Å². The average molecular weight is 267 g/mol. The molecule has 0 spiro atoms. The zero-order chi connectivity index (χ0) is 13.5. The van der Waals surface area contributed by atoms with Gasteiger partial charge in [0.15, 0.2) is 0 Å². The zero-order valence-electron chi connectivity index (χ0n) is 10.5. The topological polar surface area (TPSA) is 66.4 Å². The smallest absolute Gasteiger partial charge is 0.316 e. The molecule has 0 aliphatic heterocycles. The van der Waals surface area contributed by atoms with E-state index in [9.17, 15) is 9.59 Å². The number of nitrogens with one attached hydrogen (secondary N) is 1. The van der Waals surface area contributed by atoms with E-state index in [0.29, 0.717) is 12.1 Å². The number of hydrogen-bond acceptors (Lipinski definition) is 3. The van der Waals surface area contributed by atoms with Crippen molar-refractivity contribution in [3.05, 3.63) is 24.3 Å². The molecule has 0 saturated carbocycles. The van der Waals surface area contributed by atoms with Crippen molar-refractivity contribution in [1.29, 1.82) is 0 Å². The predicted octanol–water partition coefficient (Wildman–Crippen LogP) is 2.99. The lowest BCUT2D eigenvalue weighted by Gasteiger charge is -2.14. The van der Waals surface area contributed by atoms with Crippen molar-refractivity contribution in [2.45, 2.75) is 36.8 Å². The van der Waals surface area contributed by atoms with Gasteiger partial charge in [-0.25, -0.2) is 0 Å². The lowest BCUT2D eigenvalue weighted by atomic mass is 10.2. The third-order valence-electron chi connectivity index (χ3n) is 2.29. The van der Waals surface area contributed by atoms with Crippen molar-refractivity contribution in [1.82, 2.24) is 0 Å². The minimum atomic E-state index is -0.820. The Morgan fingerprint density at radius 2 is 2.06 bits per heavy atom. The van der Waals surface area contributed by atoms with Gasteiger partial charge in [0.1, 0.15) is 5.25 Å². The van der Waals surface area contributed by atoms with Crippen molar-refractivity contribution in [2.24, 2.45) is 0 Å². The Balaban J connectivity index is 2.87. The maximum absolute atomic E-state index is 11.1. The molecule has 0 unspecified atom stereocenters. The first-order valence-corrected chi connectivity index (χ1v) is 6.68. The Hall–Kier alpha value is -1.49. The Labute approximate surface area is 111 Å². The number of carboxylic acid groups (broad SMARTS) is 1. The van der Waals surface area contributed by atoms with Crippen LogP contribution < -0.4 is 5.32 Å². The second kappa shape index (κ2) is 7.06. The van der Waals surface area contributed by atoms with Crippen molar-refractivity contribution in [2.75, 3.05) is 5.32 Å². The molecule has 0 heterocycles. The van der Waals surface area contributed by atoms with Gasteiger partial charge in [0, 0.05) is 11.8 Å². The molecule has 5 heteroatoms. The number of hydrogen-bond donors (Lipinski definition) is 2. The fourth-order valence-electron chi connectivity index (χ4n) is 1.51. The Kier molecular flexibility index (Phi) is 5.71. The maximum atomic E-state index is 11.1. The van der Waals surface area contributed by atoms with Crippen LogP contribution in [0.1, 0.15) is 26.7 Å². The molecule has 98 valence electrons. The number of carboxylic acids is 1. The normalized spacial score (nSPS) is 11.9. The summed E-state index contributed by atoms with van der Waals surface area (Å²) in [6, 6.07) is 7.24. The number of benzene rings is 1. The molecule has 1 rings (SSSR count). The number of aliphatic carboxylic acids is 1. The van der Waals surface area contributed by atoms with E-state index in [2.05, 4.69) is 5.32 Å². The van der Waals surface area contributed by atoms with Gasteiger partial charge in [0.05, 0.1) is 5.69 Å². The molecule has 1 aromatic rings. The molecule has 18 heavy (non-hydrogen) atoms. The lowest BCUT2D eigenvalue weighted by Crippen LogP contribution is -2.16. The number of thioether (sulfide) groups is 1. The van der Waals surface area contributed by atoms with E-state index >= 15 is 0 Å². The summed E-state index contributed by atoms with van der Waals surface area (Å²) in [7, 11) is 0. The fraction of sp³-hybridized carbons (Fsp3) is 0.385. The van der Waals surface area contributed by atoms with E-state index in [0.717, 1.165) is 11.3 Å². The molecule has 0 bridgehead atoms. The van der Waals surface area contributed by atoms with Gasteiger partial charge in [-0.1, -0.05) is 25.5 Å². The van der Waals surface area contributed by atoms with Crippen LogP contribution in [0.4, 0.5) is 5.69 Å². The summed E-state index contributed by atoms with van der Waals surface area (Å²) < 4.78 is 0. The predicted molar refractivity (Wildman–Crippen MR) is 72.9 cm³/mol. The highest BCUT2D eigenvalue weighted by molar-refractivity contribution is 8.00. The molecule has 4 nitrogen and oxygen atoms in total. The van der Waals surface area contributed by atoms with E-state index in [1.54, 1.807) is 6.07 Å². The first-order valence-electron chi connectivity index (χ1n) is 5.80. The Morgan fingerprint density at radius 1 is 1.39 bits per heavy atom. The average Bonchev–Trinajstić information content (AvgIpc) is 2.30. The molecule has 1 atom stereocenters. The fourth-order valence-corrected chi connectivity index (χ4v) is 2.67.